The molecule has 2 amide bonds. The predicted octanol–water partition coefficient (Wildman–Crippen LogP) is 2.40. The van der Waals surface area contributed by atoms with Crippen molar-refractivity contribution in [2.45, 2.75) is 43.9 Å². The van der Waals surface area contributed by atoms with Gasteiger partial charge in [0.2, 0.25) is 0 Å². The highest BCUT2D eigenvalue weighted by Crippen LogP contribution is 2.22. The molecular weight excluding hydrogens is 405 g/mol. The van der Waals surface area contributed by atoms with Crippen LogP contribution in [0.1, 0.15) is 37.7 Å². The molecule has 1 N–H and O–H groups in total. The van der Waals surface area contributed by atoms with Crippen LogP contribution in [0.15, 0.2) is 17.2 Å². The molecule has 0 aliphatic carbocycles. The van der Waals surface area contributed by atoms with Gasteiger partial charge in [0, 0.05) is 23.8 Å². The first-order chi connectivity index (χ1) is 11.9. The second-order valence-corrected chi connectivity index (χ2v) is 9.72. The first-order valence-electron chi connectivity index (χ1n) is 7.77. The summed E-state index contributed by atoms with van der Waals surface area (Å²) in [6.45, 7) is 5.84. The van der Waals surface area contributed by atoms with Crippen LogP contribution in [0.3, 0.4) is 0 Å². The first-order valence-corrected chi connectivity index (χ1v) is 10.5. The number of carbonyl (C=O) groups excluding carboxylic acids is 2. The zero-order chi connectivity index (χ0) is 19.7. The smallest absolute Gasteiger partial charge is 0.407 e. The van der Waals surface area contributed by atoms with Gasteiger partial charge in [-0.25, -0.2) is 18.2 Å². The van der Waals surface area contributed by atoms with Gasteiger partial charge >= 0.3 is 6.09 Å². The second-order valence-electron chi connectivity index (χ2n) is 6.80. The highest BCUT2D eigenvalue weighted by molar-refractivity contribution is 8.13. The molecule has 1 aliphatic rings. The minimum Gasteiger partial charge on any atom is -0.444 e. The Morgan fingerprint density at radius 3 is 2.58 bits per heavy atom. The molecule has 0 saturated carbocycles. The topological polar surface area (TPSA) is 106 Å². The summed E-state index contributed by atoms with van der Waals surface area (Å²) in [5.41, 5.74) is -0.824. The maximum atomic E-state index is 12.6. The van der Waals surface area contributed by atoms with Gasteiger partial charge < -0.3 is 15.0 Å². The van der Waals surface area contributed by atoms with E-state index >= 15 is 0 Å². The van der Waals surface area contributed by atoms with Gasteiger partial charge in [0.1, 0.15) is 11.3 Å². The quantitative estimate of drug-likeness (QED) is 0.747. The van der Waals surface area contributed by atoms with E-state index in [0.717, 1.165) is 6.07 Å². The van der Waals surface area contributed by atoms with Gasteiger partial charge in [-0.1, -0.05) is 11.6 Å². The fraction of sp³-hybridized carbons (Fsp3) is 0.533. The molecule has 0 spiro atoms. The molecule has 1 aromatic heterocycles. The second kappa shape index (κ2) is 7.58. The van der Waals surface area contributed by atoms with Crippen molar-refractivity contribution < 1.29 is 22.7 Å². The van der Waals surface area contributed by atoms with E-state index in [2.05, 4.69) is 10.3 Å². The number of ether oxygens (including phenoxy) is 1. The Bertz CT molecular complexity index is 823. The number of likely N-dealkylation sites (tertiary alicyclic amines) is 1. The summed E-state index contributed by atoms with van der Waals surface area (Å²) in [6, 6.07) is 2.09. The van der Waals surface area contributed by atoms with Crippen molar-refractivity contribution in [2.75, 3.05) is 13.1 Å². The van der Waals surface area contributed by atoms with Crippen LogP contribution in [0.2, 0.25) is 5.02 Å². The molecule has 1 aliphatic heterocycles. The fourth-order valence-electron chi connectivity index (χ4n) is 2.40. The van der Waals surface area contributed by atoms with Crippen LogP contribution in [0.4, 0.5) is 4.79 Å². The molecule has 26 heavy (non-hydrogen) atoms. The number of halogens is 2. The van der Waals surface area contributed by atoms with Crippen molar-refractivity contribution in [2.24, 2.45) is 0 Å². The van der Waals surface area contributed by atoms with Crippen LogP contribution in [0.25, 0.3) is 0 Å². The number of rotatable bonds is 3. The Morgan fingerprint density at radius 1 is 1.35 bits per heavy atom. The Hall–Kier alpha value is -1.58. The lowest BCUT2D eigenvalue weighted by atomic mass is 10.2. The molecule has 2 rings (SSSR count). The van der Waals surface area contributed by atoms with E-state index in [4.69, 9.17) is 27.0 Å². The predicted molar refractivity (Wildman–Crippen MR) is 96.0 cm³/mol. The van der Waals surface area contributed by atoms with Gasteiger partial charge in [0.25, 0.3) is 15.0 Å². The van der Waals surface area contributed by atoms with Crippen molar-refractivity contribution in [3.8, 4) is 0 Å². The van der Waals surface area contributed by atoms with Crippen molar-refractivity contribution in [1.29, 1.82) is 0 Å². The van der Waals surface area contributed by atoms with E-state index in [1.165, 1.54) is 11.0 Å². The molecule has 11 heteroatoms. The van der Waals surface area contributed by atoms with Crippen LogP contribution >= 0.6 is 22.3 Å². The van der Waals surface area contributed by atoms with Crippen molar-refractivity contribution >= 4 is 43.3 Å². The summed E-state index contributed by atoms with van der Waals surface area (Å²) in [5.74, 6) is -0.536. The van der Waals surface area contributed by atoms with E-state index in [0.29, 0.717) is 13.0 Å². The third kappa shape index (κ3) is 5.46. The molecule has 0 bridgehead atoms. The van der Waals surface area contributed by atoms with E-state index < -0.39 is 31.7 Å². The SMILES string of the molecule is CC(C)(C)OC(=O)NC1CCN(C(=O)c2nc(S(=O)(=O)Cl)ccc2Cl)C1. The number of nitrogens with zero attached hydrogens (tertiary/aromatic N) is 2. The summed E-state index contributed by atoms with van der Waals surface area (Å²) in [6.07, 6.45) is -0.0426. The molecule has 0 radical (unpaired) electrons. The van der Waals surface area contributed by atoms with Crippen LogP contribution in [0, 0.1) is 0 Å². The maximum absolute atomic E-state index is 12.6. The van der Waals surface area contributed by atoms with Crippen LogP contribution < -0.4 is 5.32 Å². The summed E-state index contributed by atoms with van der Waals surface area (Å²) in [4.78, 5) is 29.6. The molecule has 8 nitrogen and oxygen atoms in total. The molecule has 1 unspecified atom stereocenters. The fourth-order valence-corrected chi connectivity index (χ4v) is 3.27. The lowest BCUT2D eigenvalue weighted by molar-refractivity contribution is 0.0502. The number of hydrogen-bond donors (Lipinski definition) is 1. The van der Waals surface area contributed by atoms with Gasteiger partial charge in [-0.2, -0.15) is 0 Å². The molecule has 0 aromatic carbocycles. The summed E-state index contributed by atoms with van der Waals surface area (Å²) in [5, 5.41) is 2.26. The number of nitrogens with one attached hydrogen (secondary N) is 1. The Morgan fingerprint density at radius 2 is 2.00 bits per heavy atom. The van der Waals surface area contributed by atoms with E-state index in [9.17, 15) is 18.0 Å². The zero-order valence-corrected chi connectivity index (χ0v) is 16.8. The van der Waals surface area contributed by atoms with Crippen LogP contribution in [-0.4, -0.2) is 55.0 Å². The van der Waals surface area contributed by atoms with Crippen molar-refractivity contribution in [1.82, 2.24) is 15.2 Å². The summed E-state index contributed by atoms with van der Waals surface area (Å²) >= 11 is 5.98. The van der Waals surface area contributed by atoms with E-state index in [1.807, 2.05) is 0 Å². The molecule has 1 atom stereocenters. The number of amides is 2. The largest absolute Gasteiger partial charge is 0.444 e. The van der Waals surface area contributed by atoms with Gasteiger partial charge in [0.15, 0.2) is 5.03 Å². The first kappa shape index (κ1) is 20.7. The normalized spacial score (nSPS) is 17.9. The number of hydrogen-bond acceptors (Lipinski definition) is 6. The van der Waals surface area contributed by atoms with E-state index in [1.54, 1.807) is 20.8 Å². The molecule has 144 valence electrons. The van der Waals surface area contributed by atoms with Gasteiger partial charge in [0.05, 0.1) is 11.1 Å². The maximum Gasteiger partial charge on any atom is 0.407 e. The van der Waals surface area contributed by atoms with Gasteiger partial charge in [-0.3, -0.25) is 4.79 Å². The number of pyridine rings is 1. The molecule has 2 heterocycles. The minimum atomic E-state index is -4.09. The third-order valence-corrected chi connectivity index (χ3v) is 4.98. The van der Waals surface area contributed by atoms with Crippen molar-refractivity contribution in [3.63, 3.8) is 0 Å². The summed E-state index contributed by atoms with van der Waals surface area (Å²) in [7, 11) is 1.18. The highest BCUT2D eigenvalue weighted by Gasteiger charge is 2.31. The average molecular weight is 424 g/mol. The van der Waals surface area contributed by atoms with Gasteiger partial charge in [-0.15, -0.1) is 0 Å². The monoisotopic (exact) mass is 423 g/mol. The highest BCUT2D eigenvalue weighted by atomic mass is 35.7. The number of aromatic nitrogens is 1. The molecule has 1 saturated heterocycles. The van der Waals surface area contributed by atoms with Crippen LogP contribution in [-0.2, 0) is 13.8 Å². The Labute approximate surface area is 161 Å². The lowest BCUT2D eigenvalue weighted by Crippen LogP contribution is -2.41. The standard InChI is InChI=1S/C15H19Cl2N3O5S/c1-15(2,3)25-14(22)18-9-6-7-20(8-9)13(21)12-10(16)4-5-11(19-12)26(17,23)24/h4-5,9H,6-8H2,1-3H3,(H,18,22). The minimum absolute atomic E-state index is 0.0163. The van der Waals surface area contributed by atoms with E-state index in [-0.39, 0.29) is 23.3 Å². The number of alkyl carbamates (subject to hydrolysis) is 1. The zero-order valence-electron chi connectivity index (χ0n) is 14.5. The number of carbonyl (C=O) groups is 2. The molecular formula is C15H19Cl2N3O5S. The average Bonchev–Trinajstić information content (AvgIpc) is 2.92. The van der Waals surface area contributed by atoms with Crippen molar-refractivity contribution in [3.05, 3.63) is 22.8 Å². The molecule has 1 fully saturated rings. The lowest BCUT2D eigenvalue weighted by Gasteiger charge is -2.22. The summed E-state index contributed by atoms with van der Waals surface area (Å²) < 4.78 is 28.0. The van der Waals surface area contributed by atoms with Gasteiger partial charge in [-0.05, 0) is 39.3 Å². The Kier molecular flexibility index (Phi) is 6.04. The third-order valence-electron chi connectivity index (χ3n) is 3.47. The molecule has 1 aromatic rings. The Balaban J connectivity index is 2.07. The van der Waals surface area contributed by atoms with Crippen LogP contribution in [0.5, 0.6) is 0 Å².